The number of hydrogen-bond donors (Lipinski definition) is 1. The molecular weight excluding hydrogens is 376 g/mol. The van der Waals surface area contributed by atoms with Crippen LogP contribution in [0.1, 0.15) is 31.5 Å². The Hall–Kier alpha value is -2.74. The number of piperidine rings is 1. The summed E-state index contributed by atoms with van der Waals surface area (Å²) in [4.78, 5) is 39.2. The second kappa shape index (κ2) is 7.01. The van der Waals surface area contributed by atoms with Crippen molar-refractivity contribution < 1.29 is 9.59 Å². The SMILES string of the molecule is Cc1nn(C(C)C(=O)N2CCC(C(N)=O)CC2)c(=O)c2c1sc1ccccc12. The van der Waals surface area contributed by atoms with E-state index in [1.54, 1.807) is 23.2 Å². The maximum atomic E-state index is 13.2. The van der Waals surface area contributed by atoms with Gasteiger partial charge in [0.2, 0.25) is 11.8 Å². The maximum absolute atomic E-state index is 13.2. The van der Waals surface area contributed by atoms with Gasteiger partial charge in [0.25, 0.3) is 5.56 Å². The predicted octanol–water partition coefficient (Wildman–Crippen LogP) is 2.20. The number of carbonyl (C=O) groups excluding carboxylic acids is 2. The van der Waals surface area contributed by atoms with E-state index in [-0.39, 0.29) is 23.3 Å². The fraction of sp³-hybridized carbons (Fsp3) is 0.400. The minimum Gasteiger partial charge on any atom is -0.369 e. The summed E-state index contributed by atoms with van der Waals surface area (Å²) in [6.45, 7) is 4.50. The topological polar surface area (TPSA) is 98.3 Å². The number of rotatable bonds is 3. The Morgan fingerprint density at radius 2 is 1.93 bits per heavy atom. The van der Waals surface area contributed by atoms with Crippen LogP contribution < -0.4 is 11.3 Å². The van der Waals surface area contributed by atoms with Crippen molar-refractivity contribution in [2.24, 2.45) is 11.7 Å². The van der Waals surface area contributed by atoms with Gasteiger partial charge in [-0.2, -0.15) is 5.10 Å². The third-order valence-corrected chi connectivity index (χ3v) is 6.82. The number of benzene rings is 1. The number of nitrogens with two attached hydrogens (primary N) is 1. The fourth-order valence-electron chi connectivity index (χ4n) is 3.90. The van der Waals surface area contributed by atoms with E-state index in [4.69, 9.17) is 5.73 Å². The average molecular weight is 398 g/mol. The Bertz CT molecular complexity index is 1140. The normalized spacial score (nSPS) is 16.6. The monoisotopic (exact) mass is 398 g/mol. The molecule has 1 saturated heterocycles. The number of hydrogen-bond acceptors (Lipinski definition) is 5. The lowest BCUT2D eigenvalue weighted by Gasteiger charge is -2.32. The first kappa shape index (κ1) is 18.6. The molecule has 1 aliphatic heterocycles. The lowest BCUT2D eigenvalue weighted by Crippen LogP contribution is -2.45. The van der Waals surface area contributed by atoms with E-state index in [9.17, 15) is 14.4 Å². The molecule has 3 heterocycles. The highest BCUT2D eigenvalue weighted by atomic mass is 32.1. The highest BCUT2D eigenvalue weighted by Gasteiger charge is 2.30. The standard InChI is InChI=1S/C20H22N4O3S/c1-11-17-16(14-5-3-4-6-15(14)28-17)20(27)24(22-11)12(2)19(26)23-9-7-13(8-10-23)18(21)25/h3-6,12-13H,7-10H2,1-2H3,(H2,21,25). The van der Waals surface area contributed by atoms with Crippen LogP contribution in [0.25, 0.3) is 20.2 Å². The summed E-state index contributed by atoms with van der Waals surface area (Å²) >= 11 is 1.55. The van der Waals surface area contributed by atoms with Crippen LogP contribution in [0.3, 0.4) is 0 Å². The summed E-state index contributed by atoms with van der Waals surface area (Å²) in [6.07, 6.45) is 1.12. The molecule has 2 N–H and O–H groups in total. The van der Waals surface area contributed by atoms with Crippen LogP contribution in [0.4, 0.5) is 0 Å². The van der Waals surface area contributed by atoms with E-state index < -0.39 is 6.04 Å². The van der Waals surface area contributed by atoms with E-state index in [0.717, 1.165) is 20.5 Å². The first-order chi connectivity index (χ1) is 13.4. The van der Waals surface area contributed by atoms with Crippen LogP contribution in [0.5, 0.6) is 0 Å². The van der Waals surface area contributed by atoms with Crippen molar-refractivity contribution in [3.8, 4) is 0 Å². The zero-order valence-corrected chi connectivity index (χ0v) is 16.7. The van der Waals surface area contributed by atoms with Crippen LogP contribution >= 0.6 is 11.3 Å². The molecule has 1 aliphatic rings. The van der Waals surface area contributed by atoms with Gasteiger partial charge in [-0.05, 0) is 32.8 Å². The minimum absolute atomic E-state index is 0.157. The van der Waals surface area contributed by atoms with Gasteiger partial charge in [0.15, 0.2) is 0 Å². The van der Waals surface area contributed by atoms with E-state index >= 15 is 0 Å². The number of nitrogens with zero attached hydrogens (tertiary/aromatic N) is 3. The molecule has 0 radical (unpaired) electrons. The van der Waals surface area contributed by atoms with Gasteiger partial charge < -0.3 is 10.6 Å². The third kappa shape index (κ3) is 2.97. The van der Waals surface area contributed by atoms with Crippen molar-refractivity contribution in [2.75, 3.05) is 13.1 Å². The van der Waals surface area contributed by atoms with Gasteiger partial charge in [-0.1, -0.05) is 18.2 Å². The molecule has 1 atom stereocenters. The summed E-state index contributed by atoms with van der Waals surface area (Å²) in [5, 5.41) is 5.97. The number of primary amides is 1. The quantitative estimate of drug-likeness (QED) is 0.731. The Labute approximate surface area is 165 Å². The van der Waals surface area contributed by atoms with Gasteiger partial charge in [-0.25, -0.2) is 4.68 Å². The largest absolute Gasteiger partial charge is 0.369 e. The molecule has 1 unspecified atom stereocenters. The molecule has 0 aliphatic carbocycles. The van der Waals surface area contributed by atoms with Gasteiger partial charge in [0.1, 0.15) is 6.04 Å². The fourth-order valence-corrected chi connectivity index (χ4v) is 5.03. The molecule has 7 nitrogen and oxygen atoms in total. The Morgan fingerprint density at radius 3 is 2.61 bits per heavy atom. The molecule has 0 spiro atoms. The average Bonchev–Trinajstić information content (AvgIpc) is 3.10. The zero-order chi connectivity index (χ0) is 20.0. The van der Waals surface area contributed by atoms with Crippen molar-refractivity contribution in [1.29, 1.82) is 0 Å². The van der Waals surface area contributed by atoms with Gasteiger partial charge in [-0.3, -0.25) is 14.4 Å². The molecule has 4 rings (SSSR count). The number of amides is 2. The third-order valence-electron chi connectivity index (χ3n) is 5.54. The first-order valence-corrected chi connectivity index (χ1v) is 10.2. The summed E-state index contributed by atoms with van der Waals surface area (Å²) < 4.78 is 3.20. The molecule has 0 bridgehead atoms. The molecule has 2 amide bonds. The molecule has 1 aromatic carbocycles. The molecule has 28 heavy (non-hydrogen) atoms. The van der Waals surface area contributed by atoms with Crippen molar-refractivity contribution >= 4 is 43.3 Å². The van der Waals surface area contributed by atoms with Crippen molar-refractivity contribution in [1.82, 2.24) is 14.7 Å². The second-order valence-corrected chi connectivity index (χ2v) is 8.37. The molecule has 146 valence electrons. The number of aromatic nitrogens is 2. The number of likely N-dealkylation sites (tertiary alicyclic amines) is 1. The van der Waals surface area contributed by atoms with Crippen molar-refractivity contribution in [3.05, 3.63) is 40.3 Å². The summed E-state index contributed by atoms with van der Waals surface area (Å²) in [5.74, 6) is -0.657. The van der Waals surface area contributed by atoms with Gasteiger partial charge in [-0.15, -0.1) is 11.3 Å². The van der Waals surface area contributed by atoms with E-state index in [1.165, 1.54) is 4.68 Å². The van der Waals surface area contributed by atoms with Crippen molar-refractivity contribution in [3.63, 3.8) is 0 Å². The Morgan fingerprint density at radius 1 is 1.25 bits per heavy atom. The van der Waals surface area contributed by atoms with E-state index in [0.29, 0.717) is 31.3 Å². The minimum atomic E-state index is -0.709. The second-order valence-electron chi connectivity index (χ2n) is 7.32. The predicted molar refractivity (Wildman–Crippen MR) is 109 cm³/mol. The maximum Gasteiger partial charge on any atom is 0.276 e. The number of aryl methyl sites for hydroxylation is 1. The molecule has 3 aromatic rings. The highest BCUT2D eigenvalue weighted by molar-refractivity contribution is 7.26. The van der Waals surface area contributed by atoms with E-state index in [2.05, 4.69) is 5.10 Å². The van der Waals surface area contributed by atoms with Gasteiger partial charge in [0, 0.05) is 29.1 Å². The Balaban J connectivity index is 1.70. The molecule has 8 heteroatoms. The molecule has 2 aromatic heterocycles. The van der Waals surface area contributed by atoms with Crippen molar-refractivity contribution in [2.45, 2.75) is 32.7 Å². The molecule has 0 saturated carbocycles. The first-order valence-electron chi connectivity index (χ1n) is 9.37. The van der Waals surface area contributed by atoms with Gasteiger partial charge in [0.05, 0.1) is 15.8 Å². The van der Waals surface area contributed by atoms with Crippen LogP contribution in [0.2, 0.25) is 0 Å². The zero-order valence-electron chi connectivity index (χ0n) is 15.8. The van der Waals surface area contributed by atoms with E-state index in [1.807, 2.05) is 31.2 Å². The Kier molecular flexibility index (Phi) is 4.66. The summed E-state index contributed by atoms with van der Waals surface area (Å²) in [6, 6.07) is 7.06. The highest BCUT2D eigenvalue weighted by Crippen LogP contribution is 2.33. The molecular formula is C20H22N4O3S. The summed E-state index contributed by atoms with van der Waals surface area (Å²) in [7, 11) is 0. The lowest BCUT2D eigenvalue weighted by molar-refractivity contribution is -0.137. The lowest BCUT2D eigenvalue weighted by atomic mass is 9.96. The summed E-state index contributed by atoms with van der Waals surface area (Å²) in [5.41, 5.74) is 5.86. The molecule has 1 fully saturated rings. The number of thiophene rings is 1. The smallest absolute Gasteiger partial charge is 0.276 e. The number of fused-ring (bicyclic) bond motifs is 3. The van der Waals surface area contributed by atoms with Crippen LogP contribution in [-0.4, -0.2) is 39.6 Å². The van der Waals surface area contributed by atoms with Gasteiger partial charge >= 0.3 is 0 Å². The van der Waals surface area contributed by atoms with Crippen LogP contribution in [0, 0.1) is 12.8 Å². The van der Waals surface area contributed by atoms with Crippen LogP contribution in [0.15, 0.2) is 29.1 Å². The van der Waals surface area contributed by atoms with Crippen LogP contribution in [-0.2, 0) is 9.59 Å². The number of carbonyl (C=O) groups is 2.